The molecular formula is C31H43N2O6P. The van der Waals surface area contributed by atoms with Crippen LogP contribution in [0.1, 0.15) is 57.6 Å². The van der Waals surface area contributed by atoms with Crippen molar-refractivity contribution >= 4 is 14.5 Å². The topological polar surface area (TPSA) is 110 Å². The largest absolute Gasteiger partial charge is 0.449 e. The van der Waals surface area contributed by atoms with Gasteiger partial charge in [-0.1, -0.05) is 76.2 Å². The molecule has 0 spiro atoms. The van der Waals surface area contributed by atoms with Gasteiger partial charge in [-0.25, -0.2) is 4.79 Å². The smallest absolute Gasteiger partial charge is 0.407 e. The summed E-state index contributed by atoms with van der Waals surface area (Å²) in [6, 6.07) is 18.6. The summed E-state index contributed by atoms with van der Waals surface area (Å²) in [7, 11) is -1.30. The van der Waals surface area contributed by atoms with E-state index in [1.165, 1.54) is 22.3 Å². The molecule has 2 N–H and O–H groups in total. The molecule has 2 aromatic rings. The van der Waals surface area contributed by atoms with Crippen LogP contribution in [-0.4, -0.2) is 62.5 Å². The summed E-state index contributed by atoms with van der Waals surface area (Å²) in [5.41, 5.74) is 4.92. The van der Waals surface area contributed by atoms with Crippen molar-refractivity contribution in [1.29, 1.82) is 5.26 Å². The van der Waals surface area contributed by atoms with Crippen LogP contribution in [-0.2, 0) is 18.5 Å². The molecule has 8 nitrogen and oxygen atoms in total. The standard InChI is InChI=1S/C31H43N2O6P/c1-22(2)30(23(3)4)40(38-18-9-15-32)39-24(19-34)20-36-17-10-16-33-31(35)37-21-29-27-13-7-5-11-25(27)26-12-6-8-14-28(26)29/h5-8,11-14,22-24,29-30,34H,9-10,16-21H2,1-4H3,(H,33,35). The van der Waals surface area contributed by atoms with Crippen molar-refractivity contribution in [1.82, 2.24) is 5.32 Å². The van der Waals surface area contributed by atoms with Gasteiger partial charge in [0, 0.05) is 24.7 Å². The quantitative estimate of drug-likeness (QED) is 0.171. The van der Waals surface area contributed by atoms with E-state index in [-0.39, 0.29) is 31.4 Å². The molecule has 1 aliphatic carbocycles. The Morgan fingerprint density at radius 3 is 2.23 bits per heavy atom. The van der Waals surface area contributed by atoms with Gasteiger partial charge >= 0.3 is 6.09 Å². The Bertz CT molecular complexity index is 1050. The van der Waals surface area contributed by atoms with Gasteiger partial charge in [-0.05, 0) is 40.5 Å². The number of nitrogens with one attached hydrogen (secondary N) is 1. The van der Waals surface area contributed by atoms with Crippen molar-refractivity contribution in [3.8, 4) is 17.2 Å². The molecule has 0 fully saturated rings. The zero-order valence-electron chi connectivity index (χ0n) is 24.0. The number of rotatable bonds is 17. The highest BCUT2D eigenvalue weighted by Gasteiger charge is 2.32. The Morgan fingerprint density at radius 1 is 1.02 bits per heavy atom. The van der Waals surface area contributed by atoms with E-state index in [0.717, 1.165) is 0 Å². The second-order valence-electron chi connectivity index (χ2n) is 10.6. The van der Waals surface area contributed by atoms with Crippen LogP contribution < -0.4 is 5.32 Å². The third-order valence-corrected chi connectivity index (χ3v) is 9.50. The number of aliphatic hydroxyl groups is 1. The van der Waals surface area contributed by atoms with Crippen LogP contribution in [0.5, 0.6) is 0 Å². The van der Waals surface area contributed by atoms with Crippen LogP contribution in [0.25, 0.3) is 11.1 Å². The maximum absolute atomic E-state index is 12.4. The van der Waals surface area contributed by atoms with Gasteiger partial charge in [-0.2, -0.15) is 5.26 Å². The molecule has 1 aliphatic rings. The van der Waals surface area contributed by atoms with Crippen LogP contribution in [0.3, 0.4) is 0 Å². The van der Waals surface area contributed by atoms with Crippen molar-refractivity contribution in [3.05, 3.63) is 59.7 Å². The first-order valence-electron chi connectivity index (χ1n) is 14.1. The van der Waals surface area contributed by atoms with E-state index in [2.05, 4.69) is 63.3 Å². The van der Waals surface area contributed by atoms with Crippen molar-refractivity contribution in [2.75, 3.05) is 39.6 Å². The monoisotopic (exact) mass is 570 g/mol. The molecule has 40 heavy (non-hydrogen) atoms. The second kappa shape index (κ2) is 16.7. The van der Waals surface area contributed by atoms with Gasteiger partial charge in [-0.3, -0.25) is 0 Å². The molecule has 0 radical (unpaired) electrons. The predicted octanol–water partition coefficient (Wildman–Crippen LogP) is 6.23. The van der Waals surface area contributed by atoms with Crippen LogP contribution >= 0.6 is 8.38 Å². The molecule has 0 bridgehead atoms. The molecule has 2 aromatic carbocycles. The lowest BCUT2D eigenvalue weighted by molar-refractivity contribution is 0.0157. The van der Waals surface area contributed by atoms with E-state index in [4.69, 9.17) is 23.8 Å². The van der Waals surface area contributed by atoms with Gasteiger partial charge in [0.1, 0.15) is 12.7 Å². The number of ether oxygens (including phenoxy) is 2. The van der Waals surface area contributed by atoms with Crippen LogP contribution in [0.4, 0.5) is 4.79 Å². The first-order valence-corrected chi connectivity index (χ1v) is 15.3. The molecular weight excluding hydrogens is 527 g/mol. The third kappa shape index (κ3) is 8.99. The number of carbonyl (C=O) groups excluding carboxylic acids is 1. The average Bonchev–Trinajstić information content (AvgIpc) is 3.26. The van der Waals surface area contributed by atoms with E-state index < -0.39 is 20.6 Å². The lowest BCUT2D eigenvalue weighted by Gasteiger charge is -2.33. The van der Waals surface area contributed by atoms with Gasteiger partial charge in [0.05, 0.1) is 32.3 Å². The van der Waals surface area contributed by atoms with Crippen LogP contribution in [0, 0.1) is 23.2 Å². The highest BCUT2D eigenvalue weighted by Crippen LogP contribution is 2.51. The van der Waals surface area contributed by atoms with E-state index in [9.17, 15) is 9.90 Å². The lowest BCUT2D eigenvalue weighted by atomic mass is 9.98. The molecule has 218 valence electrons. The Balaban J connectivity index is 1.38. The Morgan fingerprint density at radius 2 is 1.65 bits per heavy atom. The van der Waals surface area contributed by atoms with Crippen molar-refractivity contribution in [2.45, 2.75) is 58.2 Å². The van der Waals surface area contributed by atoms with Crippen molar-refractivity contribution < 1.29 is 28.4 Å². The molecule has 9 heteroatoms. The summed E-state index contributed by atoms with van der Waals surface area (Å²) in [6.45, 7) is 9.93. The fourth-order valence-electron chi connectivity index (χ4n) is 5.12. The van der Waals surface area contributed by atoms with E-state index in [1.54, 1.807) is 0 Å². The molecule has 2 unspecified atom stereocenters. The molecule has 0 heterocycles. The fourth-order valence-corrected chi connectivity index (χ4v) is 7.16. The normalized spacial score (nSPS) is 14.2. The minimum Gasteiger partial charge on any atom is -0.449 e. The lowest BCUT2D eigenvalue weighted by Crippen LogP contribution is -2.30. The van der Waals surface area contributed by atoms with Gasteiger partial charge in [0.15, 0.2) is 8.38 Å². The number of fused-ring (bicyclic) bond motifs is 3. The van der Waals surface area contributed by atoms with Crippen molar-refractivity contribution in [3.63, 3.8) is 0 Å². The average molecular weight is 571 g/mol. The third-order valence-electron chi connectivity index (χ3n) is 6.88. The number of nitriles is 1. The van der Waals surface area contributed by atoms with Crippen molar-refractivity contribution in [2.24, 2.45) is 11.8 Å². The Labute approximate surface area is 239 Å². The SMILES string of the molecule is CC(C)C(C(C)C)P(OCCC#N)OC(CO)COCCCNC(=O)OCC1c2ccccc2-c2ccccc21. The maximum Gasteiger partial charge on any atom is 0.407 e. The molecule has 0 aliphatic heterocycles. The zero-order chi connectivity index (χ0) is 28.9. The van der Waals surface area contributed by atoms with Gasteiger partial charge in [0.2, 0.25) is 0 Å². The molecule has 3 rings (SSSR count). The first-order chi connectivity index (χ1) is 19.4. The summed E-state index contributed by atoms with van der Waals surface area (Å²) in [5.74, 6) is 0.687. The number of benzene rings is 2. The molecule has 0 saturated carbocycles. The van der Waals surface area contributed by atoms with E-state index >= 15 is 0 Å². The number of aliphatic hydroxyl groups excluding tert-OH is 1. The van der Waals surface area contributed by atoms with Gasteiger partial charge < -0.3 is 28.9 Å². The summed E-state index contributed by atoms with van der Waals surface area (Å²) < 4.78 is 23.4. The number of hydrogen-bond acceptors (Lipinski definition) is 7. The number of hydrogen-bond donors (Lipinski definition) is 2. The van der Waals surface area contributed by atoms with Gasteiger partial charge in [0.25, 0.3) is 0 Å². The molecule has 0 saturated heterocycles. The van der Waals surface area contributed by atoms with Crippen LogP contribution in [0.15, 0.2) is 48.5 Å². The Hall–Kier alpha value is -2.53. The molecule has 0 aromatic heterocycles. The van der Waals surface area contributed by atoms with Crippen LogP contribution in [0.2, 0.25) is 0 Å². The van der Waals surface area contributed by atoms with Gasteiger partial charge in [-0.15, -0.1) is 0 Å². The number of amides is 1. The summed E-state index contributed by atoms with van der Waals surface area (Å²) in [6.07, 6.45) is -0.0892. The minimum atomic E-state index is -1.30. The number of nitrogens with zero attached hydrogens (tertiary/aromatic N) is 1. The number of carbonyl (C=O) groups is 1. The Kier molecular flexibility index (Phi) is 13.3. The summed E-state index contributed by atoms with van der Waals surface area (Å²) in [5, 5.41) is 21.5. The zero-order valence-corrected chi connectivity index (χ0v) is 24.9. The first kappa shape index (κ1) is 32.0. The predicted molar refractivity (Wildman–Crippen MR) is 157 cm³/mol. The van der Waals surface area contributed by atoms with E-state index in [1.807, 2.05) is 24.3 Å². The second-order valence-corrected chi connectivity index (χ2v) is 12.2. The molecule has 1 amide bonds. The minimum absolute atomic E-state index is 0.0252. The van der Waals surface area contributed by atoms with E-state index in [0.29, 0.717) is 44.4 Å². The highest BCUT2D eigenvalue weighted by atomic mass is 31.2. The molecule has 2 atom stereocenters. The summed E-state index contributed by atoms with van der Waals surface area (Å²) in [4.78, 5) is 12.4. The maximum atomic E-state index is 12.4. The number of alkyl carbamates (subject to hydrolysis) is 1. The summed E-state index contributed by atoms with van der Waals surface area (Å²) >= 11 is 0. The highest BCUT2D eigenvalue weighted by molar-refractivity contribution is 7.48. The fraction of sp³-hybridized carbons (Fsp3) is 0.548.